The van der Waals surface area contributed by atoms with Crippen molar-refractivity contribution in [1.29, 1.82) is 0 Å². The van der Waals surface area contributed by atoms with E-state index in [4.69, 9.17) is 0 Å². The van der Waals surface area contributed by atoms with E-state index in [9.17, 15) is 22.8 Å². The lowest BCUT2D eigenvalue weighted by Crippen LogP contribution is -2.39. The molecule has 2 rings (SSSR count). The summed E-state index contributed by atoms with van der Waals surface area (Å²) in [6, 6.07) is 0.305. The molecule has 0 atom stereocenters. The Labute approximate surface area is 116 Å². The molecule has 0 unspecified atom stereocenters. The molecule has 0 spiro atoms. The van der Waals surface area contributed by atoms with Gasteiger partial charge in [-0.25, -0.2) is 9.78 Å². The van der Waals surface area contributed by atoms with Crippen LogP contribution in [0.5, 0.6) is 0 Å². The maximum atomic E-state index is 12.8. The number of hydrogen-bond donors (Lipinski definition) is 2. The van der Waals surface area contributed by atoms with Gasteiger partial charge in [0.25, 0.3) is 5.91 Å². The number of aromatic amines is 1. The molecule has 0 bridgehead atoms. The minimum atomic E-state index is -4.65. The van der Waals surface area contributed by atoms with E-state index in [2.05, 4.69) is 15.4 Å². The maximum absolute atomic E-state index is 12.8. The van der Waals surface area contributed by atoms with E-state index in [1.807, 2.05) is 5.10 Å². The van der Waals surface area contributed by atoms with E-state index in [0.717, 1.165) is 17.2 Å². The molecule has 0 aliphatic carbocycles. The second-order valence-electron chi connectivity index (χ2n) is 4.11. The molecule has 0 fully saturated rings. The maximum Gasteiger partial charge on any atom is 0.433 e. The number of amides is 3. The highest BCUT2D eigenvalue weighted by atomic mass is 19.4. The topological polar surface area (TPSA) is 91.0 Å². The van der Waals surface area contributed by atoms with Gasteiger partial charge in [0.15, 0.2) is 5.65 Å². The van der Waals surface area contributed by atoms with Crippen molar-refractivity contribution in [2.45, 2.75) is 6.18 Å². The van der Waals surface area contributed by atoms with Gasteiger partial charge in [-0.2, -0.15) is 18.3 Å². The summed E-state index contributed by atoms with van der Waals surface area (Å²) in [6.07, 6.45) is -3.59. The number of fused-ring (bicyclic) bond motifs is 1. The minimum Gasteiger partial charge on any atom is -0.341 e. The molecule has 112 valence electrons. The second-order valence-corrected chi connectivity index (χ2v) is 4.11. The monoisotopic (exact) mass is 301 g/mol. The van der Waals surface area contributed by atoms with E-state index in [0.29, 0.717) is 0 Å². The first-order chi connectivity index (χ1) is 9.75. The zero-order valence-corrected chi connectivity index (χ0v) is 10.9. The van der Waals surface area contributed by atoms with Gasteiger partial charge in [-0.15, -0.1) is 0 Å². The van der Waals surface area contributed by atoms with Crippen molar-refractivity contribution < 1.29 is 22.8 Å². The number of alkyl halides is 3. The van der Waals surface area contributed by atoms with Gasteiger partial charge < -0.3 is 5.32 Å². The first-order valence-corrected chi connectivity index (χ1v) is 5.66. The molecule has 3 amide bonds. The number of H-pyrrole nitrogens is 1. The number of halogens is 3. The Hall–Kier alpha value is -2.65. The standard InChI is InChI=1S/C11H10F3N5O2/c1-15-10(21)19(2)9(20)5-3-6-7(11(12,13)14)17-18-8(6)16-4-5/h3-4H,1-2H3,(H,15,21)(H,16,17,18). The molecular weight excluding hydrogens is 291 g/mol. The van der Waals surface area contributed by atoms with Crippen molar-refractivity contribution in [3.63, 3.8) is 0 Å². The van der Waals surface area contributed by atoms with Crippen LogP contribution < -0.4 is 5.32 Å². The van der Waals surface area contributed by atoms with Crippen LogP contribution in [0.25, 0.3) is 11.0 Å². The van der Waals surface area contributed by atoms with Crippen LogP contribution in [-0.2, 0) is 6.18 Å². The van der Waals surface area contributed by atoms with E-state index in [1.165, 1.54) is 14.1 Å². The predicted octanol–water partition coefficient (Wildman–Crippen LogP) is 1.39. The van der Waals surface area contributed by atoms with E-state index >= 15 is 0 Å². The SMILES string of the molecule is CNC(=O)N(C)C(=O)c1cnc2n[nH]c(C(F)(F)F)c2c1. The molecule has 0 radical (unpaired) electrons. The van der Waals surface area contributed by atoms with E-state index < -0.39 is 23.8 Å². The molecule has 21 heavy (non-hydrogen) atoms. The molecule has 2 N–H and O–H groups in total. The number of rotatable bonds is 1. The molecule has 0 saturated heterocycles. The van der Waals surface area contributed by atoms with Crippen molar-refractivity contribution in [3.05, 3.63) is 23.5 Å². The highest BCUT2D eigenvalue weighted by molar-refractivity contribution is 6.05. The average Bonchev–Trinajstić information content (AvgIpc) is 2.87. The van der Waals surface area contributed by atoms with Crippen LogP contribution in [0.15, 0.2) is 12.3 Å². The second kappa shape index (κ2) is 5.04. The lowest BCUT2D eigenvalue weighted by atomic mass is 10.2. The van der Waals surface area contributed by atoms with E-state index in [-0.39, 0.29) is 16.6 Å². The average molecular weight is 301 g/mol. The third kappa shape index (κ3) is 2.64. The highest BCUT2D eigenvalue weighted by Gasteiger charge is 2.35. The number of carbonyl (C=O) groups excluding carboxylic acids is 2. The van der Waals surface area contributed by atoms with Gasteiger partial charge >= 0.3 is 12.2 Å². The fraction of sp³-hybridized carbons (Fsp3) is 0.273. The van der Waals surface area contributed by atoms with Gasteiger partial charge in [0.2, 0.25) is 0 Å². The van der Waals surface area contributed by atoms with Crippen LogP contribution in [-0.4, -0.2) is 46.1 Å². The molecule has 0 aromatic carbocycles. The highest BCUT2D eigenvalue weighted by Crippen LogP contribution is 2.32. The molecule has 0 aliphatic rings. The molecule has 0 aliphatic heterocycles. The molecule has 10 heteroatoms. The summed E-state index contributed by atoms with van der Waals surface area (Å²) in [5.74, 6) is -0.780. The lowest BCUT2D eigenvalue weighted by Gasteiger charge is -2.14. The number of imide groups is 1. The predicted molar refractivity (Wildman–Crippen MR) is 65.4 cm³/mol. The summed E-state index contributed by atoms with van der Waals surface area (Å²) in [5.41, 5.74) is -1.41. The number of aromatic nitrogens is 3. The lowest BCUT2D eigenvalue weighted by molar-refractivity contribution is -0.139. The fourth-order valence-corrected chi connectivity index (χ4v) is 1.69. The third-order valence-corrected chi connectivity index (χ3v) is 2.76. The summed E-state index contributed by atoms with van der Waals surface area (Å²) in [6.45, 7) is 0. The Morgan fingerprint density at radius 2 is 2.05 bits per heavy atom. The molecule has 7 nitrogen and oxygen atoms in total. The van der Waals surface area contributed by atoms with Crippen molar-refractivity contribution in [3.8, 4) is 0 Å². The summed E-state index contributed by atoms with van der Waals surface area (Å²) in [5, 5.41) is 7.16. The van der Waals surface area contributed by atoms with Gasteiger partial charge in [-0.05, 0) is 6.07 Å². The van der Waals surface area contributed by atoms with Gasteiger partial charge in [0, 0.05) is 20.3 Å². The molecular formula is C11H10F3N5O2. The minimum absolute atomic E-state index is 0.152. The Bertz CT molecular complexity index is 709. The number of carbonyl (C=O) groups is 2. The zero-order chi connectivity index (χ0) is 15.8. The van der Waals surface area contributed by atoms with Gasteiger partial charge in [-0.3, -0.25) is 14.8 Å². The molecule has 0 saturated carbocycles. The number of pyridine rings is 1. The number of nitrogens with one attached hydrogen (secondary N) is 2. The Balaban J connectivity index is 2.47. The Kier molecular flexibility index (Phi) is 3.54. The van der Waals surface area contributed by atoms with Crippen LogP contribution >= 0.6 is 0 Å². The largest absolute Gasteiger partial charge is 0.433 e. The Morgan fingerprint density at radius 1 is 1.38 bits per heavy atom. The van der Waals surface area contributed by atoms with Crippen molar-refractivity contribution in [2.75, 3.05) is 14.1 Å². The fourth-order valence-electron chi connectivity index (χ4n) is 1.69. The molecule has 2 aromatic heterocycles. The van der Waals surface area contributed by atoms with Gasteiger partial charge in [-0.1, -0.05) is 0 Å². The van der Waals surface area contributed by atoms with E-state index in [1.54, 1.807) is 0 Å². The van der Waals surface area contributed by atoms with Crippen LogP contribution in [0.1, 0.15) is 16.1 Å². The zero-order valence-electron chi connectivity index (χ0n) is 10.9. The van der Waals surface area contributed by atoms with Crippen LogP contribution in [0.4, 0.5) is 18.0 Å². The van der Waals surface area contributed by atoms with Crippen LogP contribution in [0.2, 0.25) is 0 Å². The first kappa shape index (κ1) is 14.8. The normalized spacial score (nSPS) is 11.5. The molecule has 2 aromatic rings. The summed E-state index contributed by atoms with van der Waals surface area (Å²) >= 11 is 0. The van der Waals surface area contributed by atoms with Gasteiger partial charge in [0.1, 0.15) is 5.69 Å². The van der Waals surface area contributed by atoms with Crippen molar-refractivity contribution in [2.24, 2.45) is 0 Å². The van der Waals surface area contributed by atoms with Crippen LogP contribution in [0, 0.1) is 0 Å². The molecule has 2 heterocycles. The van der Waals surface area contributed by atoms with Crippen molar-refractivity contribution >= 4 is 23.0 Å². The number of urea groups is 1. The van der Waals surface area contributed by atoms with Crippen molar-refractivity contribution in [1.82, 2.24) is 25.4 Å². The number of nitrogens with zero attached hydrogens (tertiary/aromatic N) is 3. The Morgan fingerprint density at radius 3 is 2.62 bits per heavy atom. The van der Waals surface area contributed by atoms with Crippen LogP contribution in [0.3, 0.4) is 0 Å². The quantitative estimate of drug-likeness (QED) is 0.832. The smallest absolute Gasteiger partial charge is 0.341 e. The summed E-state index contributed by atoms with van der Waals surface area (Å²) < 4.78 is 38.3. The number of hydrogen-bond acceptors (Lipinski definition) is 4. The summed E-state index contributed by atoms with van der Waals surface area (Å²) in [4.78, 5) is 27.7. The first-order valence-electron chi connectivity index (χ1n) is 5.66. The van der Waals surface area contributed by atoms with Gasteiger partial charge in [0.05, 0.1) is 10.9 Å². The third-order valence-electron chi connectivity index (χ3n) is 2.76. The summed E-state index contributed by atoms with van der Waals surface area (Å²) in [7, 11) is 2.52.